The molecule has 0 bridgehead atoms. The van der Waals surface area contributed by atoms with E-state index in [1.165, 1.54) is 5.56 Å². The normalized spacial score (nSPS) is 10.4. The SMILES string of the molecule is CCCCNC(=O)c1cnn(Cc2ccccc2)c1. The third-order valence-electron chi connectivity index (χ3n) is 2.90. The monoisotopic (exact) mass is 257 g/mol. The predicted octanol–water partition coefficient (Wildman–Crippen LogP) is 2.46. The second kappa shape index (κ2) is 6.73. The average molecular weight is 257 g/mol. The van der Waals surface area contributed by atoms with E-state index < -0.39 is 0 Å². The minimum atomic E-state index is -0.0484. The molecule has 100 valence electrons. The van der Waals surface area contributed by atoms with Gasteiger partial charge in [0, 0.05) is 12.7 Å². The smallest absolute Gasteiger partial charge is 0.254 e. The molecule has 19 heavy (non-hydrogen) atoms. The van der Waals surface area contributed by atoms with Crippen LogP contribution in [0.5, 0.6) is 0 Å². The number of amides is 1. The van der Waals surface area contributed by atoms with Crippen LogP contribution in [0.4, 0.5) is 0 Å². The Morgan fingerprint density at radius 3 is 2.84 bits per heavy atom. The van der Waals surface area contributed by atoms with Gasteiger partial charge in [-0.2, -0.15) is 5.10 Å². The number of aromatic nitrogens is 2. The molecule has 0 fully saturated rings. The largest absolute Gasteiger partial charge is 0.352 e. The number of benzene rings is 1. The number of nitrogens with zero attached hydrogens (tertiary/aromatic N) is 2. The van der Waals surface area contributed by atoms with Crippen molar-refractivity contribution >= 4 is 5.91 Å². The second-order valence-electron chi connectivity index (χ2n) is 4.52. The lowest BCUT2D eigenvalue weighted by Crippen LogP contribution is -2.23. The zero-order valence-corrected chi connectivity index (χ0v) is 11.2. The first-order chi connectivity index (χ1) is 9.29. The van der Waals surface area contributed by atoms with Gasteiger partial charge in [-0.05, 0) is 12.0 Å². The highest BCUT2D eigenvalue weighted by Crippen LogP contribution is 2.04. The maximum atomic E-state index is 11.8. The highest BCUT2D eigenvalue weighted by molar-refractivity contribution is 5.93. The lowest BCUT2D eigenvalue weighted by atomic mass is 10.2. The van der Waals surface area contributed by atoms with Crippen LogP contribution in [0, 0.1) is 0 Å². The Kier molecular flexibility index (Phi) is 4.72. The van der Waals surface area contributed by atoms with Gasteiger partial charge in [-0.25, -0.2) is 0 Å². The van der Waals surface area contributed by atoms with Crippen molar-refractivity contribution < 1.29 is 4.79 Å². The molecule has 0 radical (unpaired) electrons. The number of nitrogens with one attached hydrogen (secondary N) is 1. The minimum Gasteiger partial charge on any atom is -0.352 e. The van der Waals surface area contributed by atoms with Gasteiger partial charge in [0.05, 0.1) is 18.3 Å². The topological polar surface area (TPSA) is 46.9 Å². The molecular weight excluding hydrogens is 238 g/mol. The molecule has 0 saturated heterocycles. The van der Waals surface area contributed by atoms with Gasteiger partial charge in [-0.3, -0.25) is 9.48 Å². The van der Waals surface area contributed by atoms with Gasteiger partial charge in [-0.15, -0.1) is 0 Å². The van der Waals surface area contributed by atoms with E-state index >= 15 is 0 Å². The Morgan fingerprint density at radius 1 is 1.32 bits per heavy atom. The first-order valence-corrected chi connectivity index (χ1v) is 6.64. The Labute approximate surface area is 113 Å². The standard InChI is InChI=1S/C15H19N3O/c1-2-3-9-16-15(19)14-10-17-18(12-14)11-13-7-5-4-6-8-13/h4-8,10,12H,2-3,9,11H2,1H3,(H,16,19). The van der Waals surface area contributed by atoms with E-state index in [0.717, 1.165) is 19.4 Å². The summed E-state index contributed by atoms with van der Waals surface area (Å²) in [6.07, 6.45) is 5.48. The van der Waals surface area contributed by atoms with Crippen molar-refractivity contribution in [3.05, 3.63) is 53.9 Å². The van der Waals surface area contributed by atoms with Crippen LogP contribution < -0.4 is 5.32 Å². The number of unbranched alkanes of at least 4 members (excludes halogenated alkanes) is 1. The summed E-state index contributed by atoms with van der Waals surface area (Å²) in [4.78, 5) is 11.8. The highest BCUT2D eigenvalue weighted by atomic mass is 16.1. The first kappa shape index (κ1) is 13.3. The molecule has 4 heteroatoms. The molecule has 0 aliphatic rings. The summed E-state index contributed by atoms with van der Waals surface area (Å²) in [5.41, 5.74) is 1.79. The van der Waals surface area contributed by atoms with Crippen LogP contribution >= 0.6 is 0 Å². The highest BCUT2D eigenvalue weighted by Gasteiger charge is 2.07. The van der Waals surface area contributed by atoms with Crippen molar-refractivity contribution in [1.82, 2.24) is 15.1 Å². The van der Waals surface area contributed by atoms with Crippen molar-refractivity contribution in [1.29, 1.82) is 0 Å². The van der Waals surface area contributed by atoms with Crippen molar-refractivity contribution in [2.75, 3.05) is 6.54 Å². The fourth-order valence-electron chi connectivity index (χ4n) is 1.82. The molecular formula is C15H19N3O. The van der Waals surface area contributed by atoms with Crippen molar-refractivity contribution in [2.24, 2.45) is 0 Å². The molecule has 4 nitrogen and oxygen atoms in total. The Morgan fingerprint density at radius 2 is 2.11 bits per heavy atom. The molecule has 2 aromatic rings. The van der Waals surface area contributed by atoms with E-state index in [1.807, 2.05) is 30.3 Å². The molecule has 0 unspecified atom stereocenters. The first-order valence-electron chi connectivity index (χ1n) is 6.64. The summed E-state index contributed by atoms with van der Waals surface area (Å²) in [5, 5.41) is 7.10. The number of rotatable bonds is 6. The third kappa shape index (κ3) is 3.95. The summed E-state index contributed by atoms with van der Waals surface area (Å²) in [6, 6.07) is 10.1. The van der Waals surface area contributed by atoms with Crippen LogP contribution in [0.2, 0.25) is 0 Å². The summed E-state index contributed by atoms with van der Waals surface area (Å²) in [7, 11) is 0. The van der Waals surface area contributed by atoms with Gasteiger partial charge in [0.25, 0.3) is 5.91 Å². The zero-order chi connectivity index (χ0) is 13.5. The lowest BCUT2D eigenvalue weighted by Gasteiger charge is -2.02. The Hall–Kier alpha value is -2.10. The van der Waals surface area contributed by atoms with Gasteiger partial charge in [-0.1, -0.05) is 43.7 Å². The summed E-state index contributed by atoms with van der Waals surface area (Å²) < 4.78 is 1.78. The van der Waals surface area contributed by atoms with Crippen molar-refractivity contribution in [2.45, 2.75) is 26.3 Å². The molecule has 0 aliphatic heterocycles. The molecule has 0 atom stereocenters. The van der Waals surface area contributed by atoms with Gasteiger partial charge in [0.1, 0.15) is 0 Å². The molecule has 2 rings (SSSR count). The second-order valence-corrected chi connectivity index (χ2v) is 4.52. The maximum Gasteiger partial charge on any atom is 0.254 e. The molecule has 1 N–H and O–H groups in total. The van der Waals surface area contributed by atoms with E-state index in [1.54, 1.807) is 17.1 Å². The summed E-state index contributed by atoms with van der Waals surface area (Å²) >= 11 is 0. The van der Waals surface area contributed by atoms with Gasteiger partial charge >= 0.3 is 0 Å². The summed E-state index contributed by atoms with van der Waals surface area (Å²) in [6.45, 7) is 3.51. The van der Waals surface area contributed by atoms with E-state index in [-0.39, 0.29) is 5.91 Å². The van der Waals surface area contributed by atoms with Crippen LogP contribution in [-0.4, -0.2) is 22.2 Å². The quantitative estimate of drug-likeness (QED) is 0.808. The van der Waals surface area contributed by atoms with Gasteiger partial charge < -0.3 is 5.32 Å². The molecule has 1 heterocycles. The Balaban J connectivity index is 1.93. The number of hydrogen-bond acceptors (Lipinski definition) is 2. The van der Waals surface area contributed by atoms with Crippen LogP contribution in [0.3, 0.4) is 0 Å². The van der Waals surface area contributed by atoms with Crippen LogP contribution in [0.1, 0.15) is 35.7 Å². The average Bonchev–Trinajstić information content (AvgIpc) is 2.89. The molecule has 0 spiro atoms. The van der Waals surface area contributed by atoms with Crippen molar-refractivity contribution in [3.63, 3.8) is 0 Å². The zero-order valence-electron chi connectivity index (χ0n) is 11.2. The van der Waals surface area contributed by atoms with Crippen LogP contribution in [-0.2, 0) is 6.54 Å². The molecule has 1 aromatic heterocycles. The molecule has 1 aromatic carbocycles. The van der Waals surface area contributed by atoms with E-state index in [2.05, 4.69) is 17.3 Å². The fourth-order valence-corrected chi connectivity index (χ4v) is 1.82. The van der Waals surface area contributed by atoms with E-state index in [4.69, 9.17) is 0 Å². The minimum absolute atomic E-state index is 0.0484. The molecule has 0 saturated carbocycles. The van der Waals surface area contributed by atoms with Gasteiger partial charge in [0.15, 0.2) is 0 Å². The fraction of sp³-hybridized carbons (Fsp3) is 0.333. The van der Waals surface area contributed by atoms with Gasteiger partial charge in [0.2, 0.25) is 0 Å². The number of carbonyl (C=O) groups is 1. The third-order valence-corrected chi connectivity index (χ3v) is 2.90. The number of hydrogen-bond donors (Lipinski definition) is 1. The lowest BCUT2D eigenvalue weighted by molar-refractivity contribution is 0.0953. The Bertz CT molecular complexity index is 519. The molecule has 1 amide bonds. The van der Waals surface area contributed by atoms with E-state index in [9.17, 15) is 4.79 Å². The van der Waals surface area contributed by atoms with E-state index in [0.29, 0.717) is 12.1 Å². The van der Waals surface area contributed by atoms with Crippen molar-refractivity contribution in [3.8, 4) is 0 Å². The van der Waals surface area contributed by atoms with Crippen LogP contribution in [0.15, 0.2) is 42.7 Å². The molecule has 0 aliphatic carbocycles. The van der Waals surface area contributed by atoms with Crippen LogP contribution in [0.25, 0.3) is 0 Å². The number of carbonyl (C=O) groups excluding carboxylic acids is 1. The maximum absolute atomic E-state index is 11.8. The summed E-state index contributed by atoms with van der Waals surface area (Å²) in [5.74, 6) is -0.0484. The predicted molar refractivity (Wildman–Crippen MR) is 75.0 cm³/mol.